The molecule has 0 saturated carbocycles. The van der Waals surface area contributed by atoms with Gasteiger partial charge in [0.25, 0.3) is 6.43 Å². The van der Waals surface area contributed by atoms with E-state index in [0.717, 1.165) is 0 Å². The van der Waals surface area contributed by atoms with Crippen LogP contribution in [0.2, 0.25) is 0 Å². The van der Waals surface area contributed by atoms with Crippen LogP contribution in [0, 0.1) is 6.92 Å². The Hall–Kier alpha value is -1.58. The number of sulfonamides is 1. The molecular weight excluding hydrogens is 306 g/mol. The molecule has 0 aliphatic carbocycles. The Balaban J connectivity index is 2.61. The van der Waals surface area contributed by atoms with E-state index in [1.165, 1.54) is 18.2 Å². The monoisotopic (exact) mass is 322 g/mol. The van der Waals surface area contributed by atoms with Crippen LogP contribution in [0.5, 0.6) is 0 Å². The van der Waals surface area contributed by atoms with Crippen LogP contribution < -0.4 is 10.5 Å². The van der Waals surface area contributed by atoms with Crippen LogP contribution in [0.3, 0.4) is 0 Å². The summed E-state index contributed by atoms with van der Waals surface area (Å²) in [6.45, 7) is 0.695. The van der Waals surface area contributed by atoms with E-state index in [-0.39, 0.29) is 23.6 Å². The van der Waals surface area contributed by atoms with Gasteiger partial charge in [0.2, 0.25) is 15.9 Å². The maximum atomic E-state index is 11.8. The Bertz CT molecular complexity index is 605. The fourth-order valence-corrected chi connectivity index (χ4v) is 2.35. The highest BCUT2D eigenvalue weighted by molar-refractivity contribution is 7.89. The first-order valence-electron chi connectivity index (χ1n) is 5.99. The van der Waals surface area contributed by atoms with Gasteiger partial charge in [0, 0.05) is 5.69 Å². The highest BCUT2D eigenvalue weighted by Gasteiger charge is 2.13. The Morgan fingerprint density at radius 1 is 1.43 bits per heavy atom. The van der Waals surface area contributed by atoms with Crippen molar-refractivity contribution in [2.75, 3.05) is 18.5 Å². The summed E-state index contributed by atoms with van der Waals surface area (Å²) in [4.78, 5) is 11.5. The van der Waals surface area contributed by atoms with E-state index in [1.807, 2.05) is 0 Å². The zero-order valence-corrected chi connectivity index (χ0v) is 12.1. The number of carbonyl (C=O) groups excluding carboxylic acids is 1. The largest absolute Gasteiger partial charge is 0.375 e. The molecule has 0 bridgehead atoms. The first-order chi connectivity index (χ1) is 9.70. The number of rotatable bonds is 7. The smallest absolute Gasteiger partial charge is 0.261 e. The van der Waals surface area contributed by atoms with Crippen LogP contribution in [0.25, 0.3) is 0 Å². The zero-order valence-electron chi connectivity index (χ0n) is 11.3. The first kappa shape index (κ1) is 17.5. The fourth-order valence-electron chi connectivity index (χ4n) is 1.55. The highest BCUT2D eigenvalue weighted by Crippen LogP contribution is 2.19. The topological polar surface area (TPSA) is 98.5 Å². The fraction of sp³-hybridized carbons (Fsp3) is 0.417. The van der Waals surface area contributed by atoms with Crippen LogP contribution in [-0.4, -0.2) is 34.0 Å². The van der Waals surface area contributed by atoms with E-state index in [4.69, 9.17) is 5.14 Å². The molecule has 0 saturated heterocycles. The number of ether oxygens (including phenoxy) is 1. The third-order valence-corrected chi connectivity index (χ3v) is 3.55. The van der Waals surface area contributed by atoms with E-state index in [0.29, 0.717) is 5.56 Å². The van der Waals surface area contributed by atoms with E-state index in [2.05, 4.69) is 10.1 Å². The number of hydrogen-bond acceptors (Lipinski definition) is 4. The van der Waals surface area contributed by atoms with Crippen molar-refractivity contribution in [1.82, 2.24) is 0 Å². The van der Waals surface area contributed by atoms with Crippen LogP contribution in [0.15, 0.2) is 23.1 Å². The van der Waals surface area contributed by atoms with Gasteiger partial charge in [0.1, 0.15) is 6.61 Å². The summed E-state index contributed by atoms with van der Waals surface area (Å²) < 4.78 is 50.9. The van der Waals surface area contributed by atoms with Crippen LogP contribution in [-0.2, 0) is 19.6 Å². The number of primary sulfonamides is 1. The normalized spacial score (nSPS) is 11.7. The average molecular weight is 322 g/mol. The van der Waals surface area contributed by atoms with Gasteiger partial charge >= 0.3 is 0 Å². The van der Waals surface area contributed by atoms with Gasteiger partial charge in [0.15, 0.2) is 0 Å². The molecule has 9 heteroatoms. The molecule has 1 aromatic carbocycles. The number of anilines is 1. The lowest BCUT2D eigenvalue weighted by molar-refractivity contribution is -0.117. The molecule has 1 amide bonds. The number of halogens is 2. The van der Waals surface area contributed by atoms with Gasteiger partial charge in [-0.25, -0.2) is 22.3 Å². The van der Waals surface area contributed by atoms with Gasteiger partial charge in [-0.05, 0) is 24.6 Å². The number of aryl methyl sites for hydroxylation is 1. The first-order valence-corrected chi connectivity index (χ1v) is 7.54. The van der Waals surface area contributed by atoms with E-state index < -0.39 is 29.0 Å². The van der Waals surface area contributed by atoms with Crippen LogP contribution in [0.4, 0.5) is 14.5 Å². The molecule has 6 nitrogen and oxygen atoms in total. The van der Waals surface area contributed by atoms with Crippen molar-refractivity contribution in [3.05, 3.63) is 23.8 Å². The number of nitrogens with one attached hydrogen (secondary N) is 1. The molecule has 118 valence electrons. The van der Waals surface area contributed by atoms with Crippen LogP contribution >= 0.6 is 0 Å². The standard InChI is InChI=1S/C12H16F2N2O4S/c1-8-2-3-9(6-10(8)21(15,18)19)16-12(17)4-5-20-7-11(13)14/h2-3,6,11H,4-5,7H2,1H3,(H,16,17)(H2,15,18,19). The minimum Gasteiger partial charge on any atom is -0.375 e. The predicted molar refractivity (Wildman–Crippen MR) is 72.6 cm³/mol. The summed E-state index contributed by atoms with van der Waals surface area (Å²) in [7, 11) is -3.88. The average Bonchev–Trinajstić information content (AvgIpc) is 2.35. The molecule has 0 radical (unpaired) electrons. The quantitative estimate of drug-likeness (QED) is 0.738. The number of alkyl halides is 2. The molecule has 0 aromatic heterocycles. The second kappa shape index (κ2) is 7.43. The third-order valence-electron chi connectivity index (χ3n) is 2.50. The van der Waals surface area contributed by atoms with E-state index in [9.17, 15) is 22.0 Å². The van der Waals surface area contributed by atoms with Crippen molar-refractivity contribution < 1.29 is 26.7 Å². The van der Waals surface area contributed by atoms with E-state index >= 15 is 0 Å². The van der Waals surface area contributed by atoms with Crippen molar-refractivity contribution in [3.63, 3.8) is 0 Å². The van der Waals surface area contributed by atoms with Crippen molar-refractivity contribution in [1.29, 1.82) is 0 Å². The molecule has 1 rings (SSSR count). The number of carbonyl (C=O) groups is 1. The molecule has 0 atom stereocenters. The Morgan fingerprint density at radius 2 is 2.10 bits per heavy atom. The van der Waals surface area contributed by atoms with Crippen molar-refractivity contribution >= 4 is 21.6 Å². The Labute approximate surface area is 121 Å². The molecule has 0 fully saturated rings. The second-order valence-electron chi connectivity index (χ2n) is 4.29. The van der Waals surface area contributed by atoms with Gasteiger partial charge in [0.05, 0.1) is 17.9 Å². The summed E-state index contributed by atoms with van der Waals surface area (Å²) in [5, 5.41) is 7.50. The number of benzene rings is 1. The Morgan fingerprint density at radius 3 is 2.67 bits per heavy atom. The second-order valence-corrected chi connectivity index (χ2v) is 5.82. The molecule has 0 aliphatic rings. The van der Waals surface area contributed by atoms with Crippen LogP contribution in [0.1, 0.15) is 12.0 Å². The molecule has 3 N–H and O–H groups in total. The minimum absolute atomic E-state index is 0.0887. The minimum atomic E-state index is -3.88. The van der Waals surface area contributed by atoms with Crippen molar-refractivity contribution in [2.45, 2.75) is 24.7 Å². The summed E-state index contributed by atoms with van der Waals surface area (Å²) >= 11 is 0. The summed E-state index contributed by atoms with van der Waals surface area (Å²) in [6, 6.07) is 4.26. The molecule has 1 aromatic rings. The lowest BCUT2D eigenvalue weighted by atomic mass is 10.2. The molecule has 0 heterocycles. The zero-order chi connectivity index (χ0) is 16.0. The number of hydrogen-bond donors (Lipinski definition) is 2. The molecule has 0 spiro atoms. The van der Waals surface area contributed by atoms with Gasteiger partial charge < -0.3 is 10.1 Å². The van der Waals surface area contributed by atoms with Gasteiger partial charge in [-0.2, -0.15) is 0 Å². The van der Waals surface area contributed by atoms with E-state index in [1.54, 1.807) is 6.92 Å². The van der Waals surface area contributed by atoms with Gasteiger partial charge in [-0.15, -0.1) is 0 Å². The summed E-state index contributed by atoms with van der Waals surface area (Å²) in [5.41, 5.74) is 0.708. The lowest BCUT2D eigenvalue weighted by Crippen LogP contribution is -2.17. The van der Waals surface area contributed by atoms with Crippen molar-refractivity contribution in [2.24, 2.45) is 5.14 Å². The Kier molecular flexibility index (Phi) is 6.19. The summed E-state index contributed by atoms with van der Waals surface area (Å²) in [5.74, 6) is -0.478. The maximum Gasteiger partial charge on any atom is 0.261 e. The summed E-state index contributed by atoms with van der Waals surface area (Å²) in [6.07, 6.45) is -2.70. The van der Waals surface area contributed by atoms with Gasteiger partial charge in [-0.1, -0.05) is 6.07 Å². The third kappa shape index (κ3) is 6.15. The molecule has 21 heavy (non-hydrogen) atoms. The molecule has 0 aliphatic heterocycles. The molecular formula is C12H16F2N2O4S. The maximum absolute atomic E-state index is 11.8. The predicted octanol–water partition coefficient (Wildman–Crippen LogP) is 1.25. The molecule has 0 unspecified atom stereocenters. The number of nitrogens with two attached hydrogens (primary N) is 1. The van der Waals surface area contributed by atoms with Gasteiger partial charge in [-0.3, -0.25) is 4.79 Å². The number of amides is 1. The SMILES string of the molecule is Cc1ccc(NC(=O)CCOCC(F)F)cc1S(N)(=O)=O. The van der Waals surface area contributed by atoms with Crippen molar-refractivity contribution in [3.8, 4) is 0 Å². The lowest BCUT2D eigenvalue weighted by Gasteiger charge is -2.09. The highest BCUT2D eigenvalue weighted by atomic mass is 32.2.